The van der Waals surface area contributed by atoms with E-state index in [1.54, 1.807) is 12.1 Å². The molecule has 2 N–H and O–H groups in total. The van der Waals surface area contributed by atoms with Gasteiger partial charge in [0.2, 0.25) is 0 Å². The number of halogens is 2. The molecule has 106 valence electrons. The van der Waals surface area contributed by atoms with Gasteiger partial charge in [0.1, 0.15) is 5.82 Å². The maximum Gasteiger partial charge on any atom is 0.126 e. The fourth-order valence-electron chi connectivity index (χ4n) is 2.54. The Labute approximate surface area is 128 Å². The molecule has 0 aliphatic rings. The first-order valence-corrected chi connectivity index (χ1v) is 7.50. The van der Waals surface area contributed by atoms with E-state index >= 15 is 0 Å². The van der Waals surface area contributed by atoms with E-state index < -0.39 is 0 Å². The van der Waals surface area contributed by atoms with Crippen LogP contribution in [0.4, 0.5) is 4.39 Å². The summed E-state index contributed by atoms with van der Waals surface area (Å²) in [6, 6.07) is 11.3. The van der Waals surface area contributed by atoms with Gasteiger partial charge in [0.25, 0.3) is 0 Å². The molecular weight excluding hydrogens is 317 g/mol. The summed E-state index contributed by atoms with van der Waals surface area (Å²) in [6.45, 7) is 4.16. The van der Waals surface area contributed by atoms with Crippen molar-refractivity contribution in [2.45, 2.75) is 32.7 Å². The summed E-state index contributed by atoms with van der Waals surface area (Å²) in [5, 5.41) is 0. The van der Waals surface area contributed by atoms with Crippen LogP contribution in [-0.2, 0) is 12.8 Å². The Morgan fingerprint density at radius 1 is 1.05 bits per heavy atom. The number of hydrogen-bond donors (Lipinski definition) is 1. The van der Waals surface area contributed by atoms with Crippen LogP contribution in [0.3, 0.4) is 0 Å². The van der Waals surface area contributed by atoms with Gasteiger partial charge < -0.3 is 5.73 Å². The average molecular weight is 336 g/mol. The summed E-state index contributed by atoms with van der Waals surface area (Å²) in [5.41, 5.74) is 10.5. The van der Waals surface area contributed by atoms with E-state index in [0.29, 0.717) is 12.0 Å². The largest absolute Gasteiger partial charge is 0.327 e. The molecule has 1 atom stereocenters. The lowest BCUT2D eigenvalue weighted by Gasteiger charge is -2.14. The zero-order valence-electron chi connectivity index (χ0n) is 11.8. The van der Waals surface area contributed by atoms with Gasteiger partial charge in [-0.1, -0.05) is 45.3 Å². The second-order valence-electron chi connectivity index (χ2n) is 5.40. The molecule has 0 aromatic heterocycles. The number of hydrogen-bond acceptors (Lipinski definition) is 1. The smallest absolute Gasteiger partial charge is 0.126 e. The molecule has 0 heterocycles. The van der Waals surface area contributed by atoms with E-state index in [9.17, 15) is 4.39 Å². The Morgan fingerprint density at radius 3 is 2.35 bits per heavy atom. The van der Waals surface area contributed by atoms with E-state index in [0.717, 1.165) is 10.9 Å². The third-order valence-corrected chi connectivity index (χ3v) is 3.76. The predicted molar refractivity (Wildman–Crippen MR) is 85.4 cm³/mol. The van der Waals surface area contributed by atoms with E-state index in [1.165, 1.54) is 22.8 Å². The summed E-state index contributed by atoms with van der Waals surface area (Å²) in [4.78, 5) is 0. The summed E-state index contributed by atoms with van der Waals surface area (Å²) in [7, 11) is 0. The highest BCUT2D eigenvalue weighted by Crippen LogP contribution is 2.18. The molecule has 0 amide bonds. The van der Waals surface area contributed by atoms with Gasteiger partial charge >= 0.3 is 0 Å². The van der Waals surface area contributed by atoms with Crippen LogP contribution in [0.25, 0.3) is 0 Å². The minimum atomic E-state index is -0.191. The maximum absolute atomic E-state index is 13.7. The Bertz CT molecular complexity index is 590. The Hall–Kier alpha value is -1.19. The molecule has 0 aliphatic carbocycles. The van der Waals surface area contributed by atoms with Crippen molar-refractivity contribution >= 4 is 15.9 Å². The maximum atomic E-state index is 13.7. The monoisotopic (exact) mass is 335 g/mol. The van der Waals surface area contributed by atoms with Crippen molar-refractivity contribution in [1.29, 1.82) is 0 Å². The van der Waals surface area contributed by atoms with Crippen molar-refractivity contribution in [2.24, 2.45) is 5.73 Å². The van der Waals surface area contributed by atoms with Gasteiger partial charge in [0.05, 0.1) is 0 Å². The standard InChI is InChI=1S/C17H19BrFN/c1-11-5-12(2)7-13(6-11)8-16(20)10-14-9-15(18)3-4-17(14)19/h3-7,9,16H,8,10,20H2,1-2H3. The van der Waals surface area contributed by atoms with Gasteiger partial charge in [0, 0.05) is 10.5 Å². The second-order valence-corrected chi connectivity index (χ2v) is 6.32. The van der Waals surface area contributed by atoms with Crippen molar-refractivity contribution in [3.8, 4) is 0 Å². The fraction of sp³-hybridized carbons (Fsp3) is 0.294. The van der Waals surface area contributed by atoms with Gasteiger partial charge in [-0.25, -0.2) is 4.39 Å². The van der Waals surface area contributed by atoms with Gasteiger partial charge in [-0.3, -0.25) is 0 Å². The lowest BCUT2D eigenvalue weighted by Crippen LogP contribution is -2.26. The van der Waals surface area contributed by atoms with Crippen LogP contribution in [0, 0.1) is 19.7 Å². The Morgan fingerprint density at radius 2 is 1.70 bits per heavy atom. The van der Waals surface area contributed by atoms with Crippen LogP contribution < -0.4 is 5.73 Å². The molecule has 0 spiro atoms. The van der Waals surface area contributed by atoms with Crippen molar-refractivity contribution in [2.75, 3.05) is 0 Å². The third-order valence-electron chi connectivity index (χ3n) is 3.27. The Balaban J connectivity index is 2.08. The number of nitrogens with two attached hydrogens (primary N) is 1. The van der Waals surface area contributed by atoms with E-state index in [4.69, 9.17) is 5.73 Å². The summed E-state index contributed by atoms with van der Waals surface area (Å²) in [5.74, 6) is -0.191. The topological polar surface area (TPSA) is 26.0 Å². The molecule has 0 bridgehead atoms. The highest BCUT2D eigenvalue weighted by atomic mass is 79.9. The van der Waals surface area contributed by atoms with Gasteiger partial charge in [-0.05, 0) is 56.0 Å². The normalized spacial score (nSPS) is 12.4. The molecule has 0 radical (unpaired) electrons. The quantitative estimate of drug-likeness (QED) is 0.884. The van der Waals surface area contributed by atoms with Gasteiger partial charge in [0.15, 0.2) is 0 Å². The zero-order valence-corrected chi connectivity index (χ0v) is 13.4. The fourth-order valence-corrected chi connectivity index (χ4v) is 2.95. The van der Waals surface area contributed by atoms with Crippen LogP contribution in [0.5, 0.6) is 0 Å². The van der Waals surface area contributed by atoms with Crippen LogP contribution in [0.2, 0.25) is 0 Å². The molecule has 2 aromatic carbocycles. The molecule has 0 saturated heterocycles. The van der Waals surface area contributed by atoms with Gasteiger partial charge in [-0.2, -0.15) is 0 Å². The molecule has 1 nitrogen and oxygen atoms in total. The zero-order chi connectivity index (χ0) is 14.7. The van der Waals surface area contributed by atoms with Crippen LogP contribution in [0.15, 0.2) is 40.9 Å². The molecule has 3 heteroatoms. The van der Waals surface area contributed by atoms with Crippen molar-refractivity contribution < 1.29 is 4.39 Å². The predicted octanol–water partition coefficient (Wildman–Crippen LogP) is 4.32. The van der Waals surface area contributed by atoms with Crippen molar-refractivity contribution in [1.82, 2.24) is 0 Å². The van der Waals surface area contributed by atoms with E-state index in [2.05, 4.69) is 48.0 Å². The van der Waals surface area contributed by atoms with E-state index in [-0.39, 0.29) is 11.9 Å². The molecule has 0 fully saturated rings. The number of benzene rings is 2. The van der Waals surface area contributed by atoms with Crippen molar-refractivity contribution in [3.05, 3.63) is 68.9 Å². The first kappa shape index (κ1) is 15.2. The highest BCUT2D eigenvalue weighted by molar-refractivity contribution is 9.10. The first-order chi connectivity index (χ1) is 9.44. The summed E-state index contributed by atoms with van der Waals surface area (Å²) < 4.78 is 14.6. The number of aryl methyl sites for hydroxylation is 2. The SMILES string of the molecule is Cc1cc(C)cc(CC(N)Cc2cc(Br)ccc2F)c1. The lowest BCUT2D eigenvalue weighted by molar-refractivity contribution is 0.583. The van der Waals surface area contributed by atoms with E-state index in [1.807, 2.05) is 0 Å². The summed E-state index contributed by atoms with van der Waals surface area (Å²) in [6.07, 6.45) is 1.30. The average Bonchev–Trinajstić information content (AvgIpc) is 2.32. The van der Waals surface area contributed by atoms with Crippen LogP contribution in [-0.4, -0.2) is 6.04 Å². The molecule has 1 unspecified atom stereocenters. The summed E-state index contributed by atoms with van der Waals surface area (Å²) >= 11 is 3.36. The van der Waals surface area contributed by atoms with Gasteiger partial charge in [-0.15, -0.1) is 0 Å². The van der Waals surface area contributed by atoms with Crippen LogP contribution in [0.1, 0.15) is 22.3 Å². The third kappa shape index (κ3) is 4.15. The number of rotatable bonds is 4. The first-order valence-electron chi connectivity index (χ1n) is 6.70. The van der Waals surface area contributed by atoms with Crippen molar-refractivity contribution in [3.63, 3.8) is 0 Å². The molecule has 0 aliphatic heterocycles. The molecule has 0 saturated carbocycles. The highest BCUT2D eigenvalue weighted by Gasteiger charge is 2.10. The lowest BCUT2D eigenvalue weighted by atomic mass is 9.97. The minimum absolute atomic E-state index is 0.0833. The molecule has 20 heavy (non-hydrogen) atoms. The molecular formula is C17H19BrFN. The Kier molecular flexibility index (Phi) is 4.95. The van der Waals surface area contributed by atoms with Crippen LogP contribution >= 0.6 is 15.9 Å². The minimum Gasteiger partial charge on any atom is -0.327 e. The molecule has 2 aromatic rings. The second kappa shape index (κ2) is 6.51. The molecule has 2 rings (SSSR count).